The third-order valence-corrected chi connectivity index (χ3v) is 4.59. The minimum atomic E-state index is -0.280. The first kappa shape index (κ1) is 17.4. The highest BCUT2D eigenvalue weighted by Gasteiger charge is 2.21. The molecular weight excluding hydrogens is 310 g/mol. The van der Waals surface area contributed by atoms with Gasteiger partial charge < -0.3 is 10.4 Å². The lowest BCUT2D eigenvalue weighted by molar-refractivity contribution is 0.0908. The van der Waals surface area contributed by atoms with Crippen molar-refractivity contribution in [2.45, 2.75) is 26.3 Å². The largest absolute Gasteiger partial charge is 0.396 e. The summed E-state index contributed by atoms with van der Waals surface area (Å²) in [7, 11) is 0. The third kappa shape index (κ3) is 4.27. The fourth-order valence-electron chi connectivity index (χ4n) is 2.38. The smallest absolute Gasteiger partial charge is 0.252 e. The molecule has 2 aromatic rings. The molecule has 0 spiro atoms. The van der Waals surface area contributed by atoms with Gasteiger partial charge in [-0.05, 0) is 29.9 Å². The van der Waals surface area contributed by atoms with Gasteiger partial charge in [-0.2, -0.15) is 0 Å². The van der Waals surface area contributed by atoms with E-state index in [1.165, 1.54) is 11.3 Å². The number of aliphatic hydroxyl groups is 1. The molecule has 2 rings (SSSR count). The number of nitrogens with one attached hydrogen (secondary N) is 1. The van der Waals surface area contributed by atoms with Crippen molar-refractivity contribution in [3.05, 3.63) is 57.8 Å². The fourth-order valence-corrected chi connectivity index (χ4v) is 3.05. The molecule has 0 aliphatic carbocycles. The predicted molar refractivity (Wildman–Crippen MR) is 92.0 cm³/mol. The van der Waals surface area contributed by atoms with Crippen LogP contribution in [0.5, 0.6) is 0 Å². The lowest BCUT2D eigenvalue weighted by Crippen LogP contribution is -2.39. The Bertz CT molecular complexity index is 665. The van der Waals surface area contributed by atoms with E-state index >= 15 is 0 Å². The van der Waals surface area contributed by atoms with Crippen LogP contribution >= 0.6 is 11.3 Å². The van der Waals surface area contributed by atoms with Gasteiger partial charge >= 0.3 is 0 Å². The first-order valence-corrected chi connectivity index (χ1v) is 8.51. The molecule has 0 aliphatic heterocycles. The molecule has 0 bridgehead atoms. The summed E-state index contributed by atoms with van der Waals surface area (Å²) in [4.78, 5) is 25.8. The second-order valence-electron chi connectivity index (χ2n) is 5.69. The molecule has 0 saturated carbocycles. The molecule has 4 nitrogen and oxygen atoms in total. The van der Waals surface area contributed by atoms with Crippen LogP contribution < -0.4 is 5.32 Å². The number of benzene rings is 1. The van der Waals surface area contributed by atoms with Gasteiger partial charge in [0.05, 0.1) is 10.4 Å². The molecule has 1 aromatic heterocycles. The molecular formula is C18H21NO3S. The van der Waals surface area contributed by atoms with Crippen molar-refractivity contribution in [1.29, 1.82) is 0 Å². The number of aliphatic hydroxyl groups excluding tert-OH is 1. The van der Waals surface area contributed by atoms with Crippen LogP contribution in [0.2, 0.25) is 0 Å². The van der Waals surface area contributed by atoms with E-state index in [-0.39, 0.29) is 30.3 Å². The molecule has 122 valence electrons. The highest BCUT2D eigenvalue weighted by molar-refractivity contribution is 7.12. The normalized spacial score (nSPS) is 12.2. The Morgan fingerprint density at radius 1 is 1.13 bits per heavy atom. The average Bonchev–Trinajstić information content (AvgIpc) is 3.08. The number of carbonyl (C=O) groups is 2. The molecule has 0 fully saturated rings. The lowest BCUT2D eigenvalue weighted by atomic mass is 9.98. The molecule has 23 heavy (non-hydrogen) atoms. The second-order valence-corrected chi connectivity index (χ2v) is 6.64. The van der Waals surface area contributed by atoms with Crippen molar-refractivity contribution in [3.63, 3.8) is 0 Å². The van der Waals surface area contributed by atoms with Crippen LogP contribution in [0.15, 0.2) is 41.8 Å². The molecule has 1 aromatic carbocycles. The third-order valence-electron chi connectivity index (χ3n) is 3.72. The maximum absolute atomic E-state index is 12.6. The average molecular weight is 331 g/mol. The number of carbonyl (C=O) groups excluding carboxylic acids is 2. The summed E-state index contributed by atoms with van der Waals surface area (Å²) in [5.74, 6) is -0.224. The van der Waals surface area contributed by atoms with Gasteiger partial charge in [0.25, 0.3) is 5.91 Å². The van der Waals surface area contributed by atoms with Crippen molar-refractivity contribution in [2.75, 3.05) is 6.61 Å². The SMILES string of the molecule is CC(C)C(CCO)NC(=O)c1ccccc1C(=O)c1cccs1. The monoisotopic (exact) mass is 331 g/mol. The number of hydrogen-bond acceptors (Lipinski definition) is 4. The fraction of sp³-hybridized carbons (Fsp3) is 0.333. The van der Waals surface area contributed by atoms with Gasteiger partial charge in [0, 0.05) is 18.2 Å². The number of rotatable bonds is 7. The zero-order chi connectivity index (χ0) is 16.8. The summed E-state index contributed by atoms with van der Waals surface area (Å²) < 4.78 is 0. The van der Waals surface area contributed by atoms with Crippen LogP contribution in [-0.2, 0) is 0 Å². The lowest BCUT2D eigenvalue weighted by Gasteiger charge is -2.22. The van der Waals surface area contributed by atoms with E-state index in [0.717, 1.165) is 0 Å². The van der Waals surface area contributed by atoms with Crippen LogP contribution in [0.4, 0.5) is 0 Å². The minimum Gasteiger partial charge on any atom is -0.396 e. The van der Waals surface area contributed by atoms with E-state index in [1.807, 2.05) is 25.3 Å². The Morgan fingerprint density at radius 2 is 1.83 bits per heavy atom. The van der Waals surface area contributed by atoms with Crippen LogP contribution in [-0.4, -0.2) is 29.4 Å². The number of ketones is 1. The van der Waals surface area contributed by atoms with Gasteiger partial charge in [0.1, 0.15) is 0 Å². The maximum atomic E-state index is 12.6. The van der Waals surface area contributed by atoms with Gasteiger partial charge in [-0.15, -0.1) is 11.3 Å². The van der Waals surface area contributed by atoms with Crippen LogP contribution in [0, 0.1) is 5.92 Å². The Kier molecular flexibility index (Phi) is 6.07. The van der Waals surface area contributed by atoms with Gasteiger partial charge in [0.2, 0.25) is 5.78 Å². The van der Waals surface area contributed by atoms with Crippen LogP contribution in [0.25, 0.3) is 0 Å². The van der Waals surface area contributed by atoms with Crippen molar-refractivity contribution in [2.24, 2.45) is 5.92 Å². The standard InChI is InChI=1S/C18H21NO3S/c1-12(2)15(9-10-20)19-18(22)14-7-4-3-6-13(14)17(21)16-8-5-11-23-16/h3-8,11-12,15,20H,9-10H2,1-2H3,(H,19,22). The minimum absolute atomic E-state index is 0.0128. The highest BCUT2D eigenvalue weighted by atomic mass is 32.1. The summed E-state index contributed by atoms with van der Waals surface area (Å²) in [5.41, 5.74) is 0.772. The van der Waals surface area contributed by atoms with Crippen LogP contribution in [0.3, 0.4) is 0 Å². The summed E-state index contributed by atoms with van der Waals surface area (Å²) in [6.07, 6.45) is 0.491. The van der Waals surface area contributed by atoms with Gasteiger partial charge in [-0.3, -0.25) is 9.59 Å². The molecule has 0 radical (unpaired) electrons. The molecule has 1 unspecified atom stereocenters. The maximum Gasteiger partial charge on any atom is 0.252 e. The van der Waals surface area contributed by atoms with Crippen molar-refractivity contribution in [3.8, 4) is 0 Å². The van der Waals surface area contributed by atoms with Crippen molar-refractivity contribution >= 4 is 23.0 Å². The topological polar surface area (TPSA) is 66.4 Å². The van der Waals surface area contributed by atoms with E-state index in [0.29, 0.717) is 22.4 Å². The summed E-state index contributed by atoms with van der Waals surface area (Å²) in [6, 6.07) is 10.3. The zero-order valence-corrected chi connectivity index (χ0v) is 14.1. The Labute approximate surface area is 140 Å². The Hall–Kier alpha value is -1.98. The van der Waals surface area contributed by atoms with E-state index < -0.39 is 0 Å². The molecule has 2 N–H and O–H groups in total. The van der Waals surface area contributed by atoms with Gasteiger partial charge in [-0.25, -0.2) is 0 Å². The van der Waals surface area contributed by atoms with Crippen LogP contribution in [0.1, 0.15) is 45.9 Å². The number of amides is 1. The Morgan fingerprint density at radius 3 is 2.39 bits per heavy atom. The molecule has 1 amide bonds. The predicted octanol–water partition coefficient (Wildman–Crippen LogP) is 3.12. The zero-order valence-electron chi connectivity index (χ0n) is 13.3. The summed E-state index contributed by atoms with van der Waals surface area (Å²) >= 11 is 1.36. The first-order valence-electron chi connectivity index (χ1n) is 7.63. The quantitative estimate of drug-likeness (QED) is 0.766. The van der Waals surface area contributed by atoms with Gasteiger partial charge in [-0.1, -0.05) is 38.1 Å². The second kappa shape index (κ2) is 8.04. The summed E-state index contributed by atoms with van der Waals surface area (Å²) in [6.45, 7) is 3.99. The molecule has 1 atom stereocenters. The number of thiophene rings is 1. The molecule has 1 heterocycles. The highest BCUT2D eigenvalue weighted by Crippen LogP contribution is 2.19. The van der Waals surface area contributed by atoms with E-state index in [1.54, 1.807) is 30.3 Å². The molecule has 0 saturated heterocycles. The summed E-state index contributed by atoms with van der Waals surface area (Å²) in [5, 5.41) is 13.9. The van der Waals surface area contributed by atoms with Crippen molar-refractivity contribution < 1.29 is 14.7 Å². The van der Waals surface area contributed by atoms with E-state index in [4.69, 9.17) is 5.11 Å². The van der Waals surface area contributed by atoms with Gasteiger partial charge in [0.15, 0.2) is 0 Å². The number of hydrogen-bond donors (Lipinski definition) is 2. The molecule has 5 heteroatoms. The van der Waals surface area contributed by atoms with Crippen molar-refractivity contribution in [1.82, 2.24) is 5.32 Å². The first-order chi connectivity index (χ1) is 11.0. The van der Waals surface area contributed by atoms with E-state index in [9.17, 15) is 9.59 Å². The van der Waals surface area contributed by atoms with E-state index in [2.05, 4.69) is 5.32 Å². The Balaban J connectivity index is 2.26. The molecule has 0 aliphatic rings.